The van der Waals surface area contributed by atoms with Crippen LogP contribution in [0.25, 0.3) is 10.9 Å². The van der Waals surface area contributed by atoms with Gasteiger partial charge < -0.3 is 5.11 Å². The summed E-state index contributed by atoms with van der Waals surface area (Å²) in [5.74, 6) is 0. The van der Waals surface area contributed by atoms with E-state index < -0.39 is 11.1 Å². The van der Waals surface area contributed by atoms with E-state index in [4.69, 9.17) is 16.7 Å². The van der Waals surface area contributed by atoms with Crippen LogP contribution < -0.4 is 0 Å². The van der Waals surface area contributed by atoms with Crippen molar-refractivity contribution in [2.24, 2.45) is 0 Å². The molecular formula is C29H26ClN3O. The van der Waals surface area contributed by atoms with Crippen molar-refractivity contribution in [2.75, 3.05) is 0 Å². The minimum atomic E-state index is -1.18. The Hall–Kier alpha value is -3.47. The van der Waals surface area contributed by atoms with E-state index in [1.54, 1.807) is 13.8 Å². The molecule has 0 radical (unpaired) electrons. The Labute approximate surface area is 204 Å². The van der Waals surface area contributed by atoms with Crippen LogP contribution in [0.2, 0.25) is 5.15 Å². The van der Waals surface area contributed by atoms with Gasteiger partial charge in [-0.05, 0) is 37.5 Å². The molecule has 0 spiro atoms. The Balaban J connectivity index is 2.01. The fraction of sp³-hybridized carbons (Fsp3) is 0.172. The van der Waals surface area contributed by atoms with E-state index in [1.807, 2.05) is 72.3 Å². The number of aryl methyl sites for hydroxylation is 1. The number of hydrogen-bond donors (Lipinski definition) is 1. The van der Waals surface area contributed by atoms with Crippen molar-refractivity contribution in [2.45, 2.75) is 31.9 Å². The summed E-state index contributed by atoms with van der Waals surface area (Å²) in [6, 6.07) is 32.9. The van der Waals surface area contributed by atoms with Gasteiger partial charge in [0.05, 0.1) is 16.9 Å². The first-order chi connectivity index (χ1) is 16.3. The molecule has 0 bridgehead atoms. The lowest BCUT2D eigenvalue weighted by Crippen LogP contribution is -2.38. The molecular weight excluding hydrogens is 442 g/mol. The quantitative estimate of drug-likeness (QED) is 0.238. The predicted octanol–water partition coefficient (Wildman–Crippen LogP) is 6.46. The van der Waals surface area contributed by atoms with Gasteiger partial charge in [-0.15, -0.1) is 0 Å². The molecule has 3 aromatic carbocycles. The average Bonchev–Trinajstić information content (AvgIpc) is 3.17. The minimum Gasteiger partial charge on any atom is -0.384 e. The largest absolute Gasteiger partial charge is 0.384 e. The monoisotopic (exact) mass is 467 g/mol. The molecule has 0 saturated carbocycles. The highest BCUT2D eigenvalue weighted by atomic mass is 35.5. The molecule has 0 fully saturated rings. The fourth-order valence-corrected chi connectivity index (χ4v) is 5.07. The normalized spacial score (nSPS) is 12.3. The predicted molar refractivity (Wildman–Crippen MR) is 137 cm³/mol. The van der Waals surface area contributed by atoms with Crippen LogP contribution in [-0.4, -0.2) is 19.9 Å². The van der Waals surface area contributed by atoms with Crippen LogP contribution in [0.5, 0.6) is 0 Å². The maximum Gasteiger partial charge on any atom is 0.138 e. The number of hydrogen-bond acceptors (Lipinski definition) is 3. The molecule has 0 atom stereocenters. The Kier molecular flexibility index (Phi) is 5.51. The van der Waals surface area contributed by atoms with E-state index in [0.717, 1.165) is 33.3 Å². The molecule has 5 heteroatoms. The SMILES string of the molecule is Cc1nn(C(c2ccccc2)(c2ccccc2)c2ccccc2)c2cc(Cl)nc(C(C)(C)O)c12. The van der Waals surface area contributed by atoms with Crippen molar-refractivity contribution in [3.8, 4) is 0 Å². The Morgan fingerprint density at radius 2 is 1.21 bits per heavy atom. The summed E-state index contributed by atoms with van der Waals surface area (Å²) in [7, 11) is 0. The van der Waals surface area contributed by atoms with Gasteiger partial charge in [-0.2, -0.15) is 5.10 Å². The molecule has 0 aliphatic rings. The van der Waals surface area contributed by atoms with Crippen molar-refractivity contribution in [1.82, 2.24) is 14.8 Å². The molecule has 0 amide bonds. The van der Waals surface area contributed by atoms with Gasteiger partial charge in [-0.1, -0.05) is 103 Å². The van der Waals surface area contributed by atoms with Crippen molar-refractivity contribution < 1.29 is 5.11 Å². The summed E-state index contributed by atoms with van der Waals surface area (Å²) in [5.41, 5.74) is 3.34. The van der Waals surface area contributed by atoms with Gasteiger partial charge in [0.15, 0.2) is 0 Å². The third-order valence-electron chi connectivity index (χ3n) is 6.28. The van der Waals surface area contributed by atoms with Crippen molar-refractivity contribution in [1.29, 1.82) is 0 Å². The van der Waals surface area contributed by atoms with E-state index in [1.165, 1.54) is 0 Å². The van der Waals surface area contributed by atoms with Crippen LogP contribution in [0.4, 0.5) is 0 Å². The van der Waals surface area contributed by atoms with Crippen LogP contribution >= 0.6 is 11.6 Å². The number of rotatable bonds is 5. The summed E-state index contributed by atoms with van der Waals surface area (Å²) in [4.78, 5) is 4.51. The second-order valence-corrected chi connectivity index (χ2v) is 9.44. The van der Waals surface area contributed by atoms with Gasteiger partial charge in [-0.25, -0.2) is 9.67 Å². The molecule has 2 heterocycles. The van der Waals surface area contributed by atoms with E-state index in [9.17, 15) is 5.11 Å². The molecule has 34 heavy (non-hydrogen) atoms. The van der Waals surface area contributed by atoms with E-state index in [0.29, 0.717) is 10.8 Å². The summed E-state index contributed by atoms with van der Waals surface area (Å²) in [6.45, 7) is 5.40. The Bertz CT molecular complexity index is 1340. The number of aliphatic hydroxyl groups is 1. The lowest BCUT2D eigenvalue weighted by molar-refractivity contribution is 0.0756. The maximum absolute atomic E-state index is 10.9. The topological polar surface area (TPSA) is 50.9 Å². The second kappa shape index (κ2) is 8.39. The smallest absolute Gasteiger partial charge is 0.138 e. The molecule has 4 nitrogen and oxygen atoms in total. The van der Waals surface area contributed by atoms with E-state index in [2.05, 4.69) is 41.4 Å². The summed E-state index contributed by atoms with van der Waals surface area (Å²) in [5, 5.41) is 17.2. The van der Waals surface area contributed by atoms with Crippen LogP contribution in [0.3, 0.4) is 0 Å². The summed E-state index contributed by atoms with van der Waals surface area (Å²) < 4.78 is 2.04. The van der Waals surface area contributed by atoms with Crippen molar-refractivity contribution >= 4 is 22.5 Å². The standard InChI is InChI=1S/C29H26ClN3O/c1-20-26-24(19-25(30)31-27(26)28(2,3)34)33(32-20)29(21-13-7-4-8-14-21,22-15-9-5-10-16-22)23-17-11-6-12-18-23/h4-19,34H,1-3H3. The van der Waals surface area contributed by atoms with Gasteiger partial charge in [0.25, 0.3) is 0 Å². The Morgan fingerprint density at radius 1 is 0.765 bits per heavy atom. The van der Waals surface area contributed by atoms with Crippen LogP contribution in [0, 0.1) is 6.92 Å². The number of pyridine rings is 1. The van der Waals surface area contributed by atoms with E-state index in [-0.39, 0.29) is 0 Å². The lowest BCUT2D eigenvalue weighted by atomic mass is 9.77. The molecule has 5 aromatic rings. The molecule has 0 saturated heterocycles. The first-order valence-corrected chi connectivity index (χ1v) is 11.7. The van der Waals surface area contributed by atoms with E-state index >= 15 is 0 Å². The minimum absolute atomic E-state index is 0.314. The van der Waals surface area contributed by atoms with Gasteiger partial charge in [0.1, 0.15) is 16.3 Å². The molecule has 0 aliphatic carbocycles. The molecule has 2 aromatic heterocycles. The zero-order chi connectivity index (χ0) is 23.9. The first kappa shape index (κ1) is 22.3. The summed E-state index contributed by atoms with van der Waals surface area (Å²) >= 11 is 6.54. The number of halogens is 1. The Morgan fingerprint density at radius 3 is 1.62 bits per heavy atom. The highest BCUT2D eigenvalue weighted by Gasteiger charge is 2.41. The maximum atomic E-state index is 10.9. The number of benzene rings is 3. The molecule has 5 rings (SSSR count). The number of aromatic nitrogens is 3. The third kappa shape index (κ3) is 3.51. The fourth-order valence-electron chi connectivity index (χ4n) is 4.88. The number of fused-ring (bicyclic) bond motifs is 1. The number of nitrogens with zero attached hydrogens (tertiary/aromatic N) is 3. The molecule has 1 N–H and O–H groups in total. The summed E-state index contributed by atoms with van der Waals surface area (Å²) in [6.07, 6.45) is 0. The van der Waals surface area contributed by atoms with Crippen LogP contribution in [-0.2, 0) is 11.1 Å². The molecule has 170 valence electrons. The average molecular weight is 468 g/mol. The zero-order valence-electron chi connectivity index (χ0n) is 19.4. The second-order valence-electron chi connectivity index (χ2n) is 9.05. The molecule has 0 unspecified atom stereocenters. The first-order valence-electron chi connectivity index (χ1n) is 11.3. The van der Waals surface area contributed by atoms with Gasteiger partial charge in [0, 0.05) is 11.5 Å². The molecule has 0 aliphatic heterocycles. The lowest BCUT2D eigenvalue weighted by Gasteiger charge is -2.37. The third-order valence-corrected chi connectivity index (χ3v) is 6.47. The van der Waals surface area contributed by atoms with Crippen molar-refractivity contribution in [3.05, 3.63) is 130 Å². The van der Waals surface area contributed by atoms with Gasteiger partial charge >= 0.3 is 0 Å². The van der Waals surface area contributed by atoms with Crippen LogP contribution in [0.1, 0.15) is 41.9 Å². The van der Waals surface area contributed by atoms with Gasteiger partial charge in [-0.3, -0.25) is 0 Å². The highest BCUT2D eigenvalue weighted by Crippen LogP contribution is 2.44. The van der Waals surface area contributed by atoms with Crippen LogP contribution in [0.15, 0.2) is 97.1 Å². The van der Waals surface area contributed by atoms with Crippen molar-refractivity contribution in [3.63, 3.8) is 0 Å². The van der Waals surface area contributed by atoms with Gasteiger partial charge in [0.2, 0.25) is 0 Å². The zero-order valence-corrected chi connectivity index (χ0v) is 20.2. The highest BCUT2D eigenvalue weighted by molar-refractivity contribution is 6.30.